The normalized spacial score (nSPS) is 13.7. The molecule has 86 valence electrons. The Hall–Kier alpha value is -1.79. The summed E-state index contributed by atoms with van der Waals surface area (Å²) >= 11 is 0. The number of amides is 3. The maximum absolute atomic E-state index is 11.1. The van der Waals surface area contributed by atoms with Gasteiger partial charge in [0, 0.05) is 12.5 Å². The van der Waals surface area contributed by atoms with E-state index in [9.17, 15) is 14.4 Å². The van der Waals surface area contributed by atoms with Crippen molar-refractivity contribution in [2.45, 2.75) is 32.4 Å². The summed E-state index contributed by atoms with van der Waals surface area (Å²) in [5.41, 5.74) is 4.91. The van der Waals surface area contributed by atoms with E-state index in [4.69, 9.17) is 10.8 Å². The van der Waals surface area contributed by atoms with Gasteiger partial charge in [0.25, 0.3) is 0 Å². The summed E-state index contributed by atoms with van der Waals surface area (Å²) in [4.78, 5) is 32.0. The molecule has 1 unspecified atom stereocenters. The Morgan fingerprint density at radius 1 is 1.27 bits per heavy atom. The van der Waals surface area contributed by atoms with Crippen molar-refractivity contribution < 1.29 is 19.5 Å². The molecule has 0 aromatic rings. The highest BCUT2D eigenvalue weighted by molar-refractivity contribution is 5.82. The van der Waals surface area contributed by atoms with Crippen LogP contribution in [0.3, 0.4) is 0 Å². The monoisotopic (exact) mass is 217 g/mol. The van der Waals surface area contributed by atoms with Crippen LogP contribution in [-0.2, 0) is 9.59 Å². The van der Waals surface area contributed by atoms with Gasteiger partial charge in [-0.15, -0.1) is 0 Å². The lowest BCUT2D eigenvalue weighted by molar-refractivity contribution is -0.138. The van der Waals surface area contributed by atoms with Crippen LogP contribution in [0.25, 0.3) is 0 Å². The van der Waals surface area contributed by atoms with Crippen molar-refractivity contribution in [2.75, 3.05) is 0 Å². The Morgan fingerprint density at radius 2 is 1.80 bits per heavy atom. The van der Waals surface area contributed by atoms with E-state index < -0.39 is 30.0 Å². The van der Waals surface area contributed by atoms with E-state index in [0.29, 0.717) is 0 Å². The maximum Gasteiger partial charge on any atom is 0.325 e. The molecule has 0 aromatic carbocycles. The molecule has 7 nitrogen and oxygen atoms in total. The molecule has 0 spiro atoms. The molecule has 0 aliphatic rings. The molecule has 0 rings (SSSR count). The molecule has 0 aliphatic carbocycles. The Balaban J connectivity index is 3.93. The minimum Gasteiger partial charge on any atom is -0.480 e. The minimum atomic E-state index is -1.13. The number of carbonyl (C=O) groups is 3. The highest BCUT2D eigenvalue weighted by atomic mass is 16.4. The van der Waals surface area contributed by atoms with Crippen molar-refractivity contribution in [1.29, 1.82) is 0 Å². The fourth-order valence-corrected chi connectivity index (χ4v) is 0.877. The van der Waals surface area contributed by atoms with Crippen LogP contribution in [0.4, 0.5) is 4.79 Å². The number of nitrogens with two attached hydrogens (primary N) is 1. The molecule has 0 bridgehead atoms. The van der Waals surface area contributed by atoms with Crippen molar-refractivity contribution >= 4 is 17.9 Å². The first-order valence-electron chi connectivity index (χ1n) is 4.41. The van der Waals surface area contributed by atoms with Crippen LogP contribution < -0.4 is 16.4 Å². The van der Waals surface area contributed by atoms with Crippen molar-refractivity contribution in [2.24, 2.45) is 5.73 Å². The fraction of sp³-hybridized carbons (Fsp3) is 0.625. The van der Waals surface area contributed by atoms with Crippen LogP contribution in [0.2, 0.25) is 0 Å². The molecular formula is C8H15N3O4. The van der Waals surface area contributed by atoms with Crippen LogP contribution in [0, 0.1) is 0 Å². The highest BCUT2D eigenvalue weighted by Gasteiger charge is 2.15. The SMILES string of the molecule is CC(CC(N)=O)NC(=O)N[C@H](C)C(=O)O. The zero-order chi connectivity index (χ0) is 12.0. The van der Waals surface area contributed by atoms with E-state index in [-0.39, 0.29) is 6.42 Å². The topological polar surface area (TPSA) is 122 Å². The predicted octanol–water partition coefficient (Wildman–Crippen LogP) is -0.977. The number of urea groups is 1. The van der Waals surface area contributed by atoms with Crippen LogP contribution in [0.1, 0.15) is 20.3 Å². The lowest BCUT2D eigenvalue weighted by Gasteiger charge is -2.14. The van der Waals surface area contributed by atoms with Gasteiger partial charge < -0.3 is 21.5 Å². The Morgan fingerprint density at radius 3 is 2.20 bits per heavy atom. The van der Waals surface area contributed by atoms with Gasteiger partial charge >= 0.3 is 12.0 Å². The predicted molar refractivity (Wildman–Crippen MR) is 52.0 cm³/mol. The smallest absolute Gasteiger partial charge is 0.325 e. The molecule has 0 heterocycles. The largest absolute Gasteiger partial charge is 0.480 e. The lowest BCUT2D eigenvalue weighted by Crippen LogP contribution is -2.47. The van der Waals surface area contributed by atoms with E-state index in [2.05, 4.69) is 10.6 Å². The average Bonchev–Trinajstić information content (AvgIpc) is 2.00. The van der Waals surface area contributed by atoms with Gasteiger partial charge in [-0.05, 0) is 13.8 Å². The first kappa shape index (κ1) is 13.2. The van der Waals surface area contributed by atoms with Gasteiger partial charge in [0.05, 0.1) is 0 Å². The molecule has 3 amide bonds. The standard InChI is InChI=1S/C8H15N3O4/c1-4(3-6(9)12)10-8(15)11-5(2)7(13)14/h4-5H,3H2,1-2H3,(H2,9,12)(H,13,14)(H2,10,11,15)/t4?,5-/m1/s1. The summed E-state index contributed by atoms with van der Waals surface area (Å²) < 4.78 is 0. The van der Waals surface area contributed by atoms with E-state index >= 15 is 0 Å². The van der Waals surface area contributed by atoms with Crippen LogP contribution in [0.5, 0.6) is 0 Å². The van der Waals surface area contributed by atoms with E-state index in [1.807, 2.05) is 0 Å². The Kier molecular flexibility index (Phi) is 5.14. The zero-order valence-corrected chi connectivity index (χ0v) is 8.61. The summed E-state index contributed by atoms with van der Waals surface area (Å²) in [6.45, 7) is 2.93. The van der Waals surface area contributed by atoms with E-state index in [1.54, 1.807) is 6.92 Å². The van der Waals surface area contributed by atoms with Gasteiger partial charge in [-0.25, -0.2) is 4.79 Å². The number of aliphatic carboxylic acids is 1. The van der Waals surface area contributed by atoms with E-state index in [1.165, 1.54) is 6.92 Å². The second kappa shape index (κ2) is 5.84. The van der Waals surface area contributed by atoms with Gasteiger partial charge in [-0.1, -0.05) is 0 Å². The van der Waals surface area contributed by atoms with Gasteiger partial charge in [-0.3, -0.25) is 9.59 Å². The van der Waals surface area contributed by atoms with Gasteiger partial charge in [0.2, 0.25) is 5.91 Å². The molecule has 0 aromatic heterocycles. The molecule has 7 heteroatoms. The number of carbonyl (C=O) groups excluding carboxylic acids is 2. The number of primary amides is 1. The first-order chi connectivity index (χ1) is 6.82. The zero-order valence-electron chi connectivity index (χ0n) is 8.61. The molecule has 0 radical (unpaired) electrons. The summed E-state index contributed by atoms with van der Waals surface area (Å²) in [5, 5.41) is 13.1. The molecule has 0 saturated carbocycles. The highest BCUT2D eigenvalue weighted by Crippen LogP contribution is 1.89. The first-order valence-corrected chi connectivity index (χ1v) is 4.41. The lowest BCUT2D eigenvalue weighted by atomic mass is 10.2. The molecule has 2 atom stereocenters. The number of rotatable bonds is 5. The fourth-order valence-electron chi connectivity index (χ4n) is 0.877. The third kappa shape index (κ3) is 6.30. The average molecular weight is 217 g/mol. The summed E-state index contributed by atoms with van der Waals surface area (Å²) in [7, 11) is 0. The third-order valence-electron chi connectivity index (χ3n) is 1.60. The molecule has 5 N–H and O–H groups in total. The minimum absolute atomic E-state index is 0.00880. The summed E-state index contributed by atoms with van der Waals surface area (Å²) in [6, 6.07) is -2.05. The van der Waals surface area contributed by atoms with Gasteiger partial charge in [0.15, 0.2) is 0 Å². The quantitative estimate of drug-likeness (QED) is 0.473. The van der Waals surface area contributed by atoms with Crippen LogP contribution in [0.15, 0.2) is 0 Å². The summed E-state index contributed by atoms with van der Waals surface area (Å²) in [5.74, 6) is -1.67. The van der Waals surface area contributed by atoms with Crippen molar-refractivity contribution in [3.05, 3.63) is 0 Å². The van der Waals surface area contributed by atoms with Gasteiger partial charge in [0.1, 0.15) is 6.04 Å². The molecule has 0 aliphatic heterocycles. The second-order valence-electron chi connectivity index (χ2n) is 3.25. The van der Waals surface area contributed by atoms with Crippen molar-refractivity contribution in [3.8, 4) is 0 Å². The van der Waals surface area contributed by atoms with Gasteiger partial charge in [-0.2, -0.15) is 0 Å². The Bertz CT molecular complexity index is 267. The molecule has 0 fully saturated rings. The number of carboxylic acids is 1. The number of nitrogens with one attached hydrogen (secondary N) is 2. The van der Waals surface area contributed by atoms with Crippen molar-refractivity contribution in [1.82, 2.24) is 10.6 Å². The number of hydrogen-bond donors (Lipinski definition) is 4. The Labute approximate surface area is 87.0 Å². The van der Waals surface area contributed by atoms with Crippen molar-refractivity contribution in [3.63, 3.8) is 0 Å². The number of hydrogen-bond acceptors (Lipinski definition) is 3. The third-order valence-corrected chi connectivity index (χ3v) is 1.60. The van der Waals surface area contributed by atoms with Crippen LogP contribution >= 0.6 is 0 Å². The van der Waals surface area contributed by atoms with Crippen LogP contribution in [-0.4, -0.2) is 35.1 Å². The maximum atomic E-state index is 11.1. The molecule has 0 saturated heterocycles. The molecular weight excluding hydrogens is 202 g/mol. The number of carboxylic acid groups (broad SMARTS) is 1. The summed E-state index contributed by atoms with van der Waals surface area (Å²) in [6.07, 6.45) is 0.00880. The second-order valence-corrected chi connectivity index (χ2v) is 3.25. The molecule has 15 heavy (non-hydrogen) atoms. The van der Waals surface area contributed by atoms with E-state index in [0.717, 1.165) is 0 Å².